The summed E-state index contributed by atoms with van der Waals surface area (Å²) >= 11 is 0. The van der Waals surface area contributed by atoms with Gasteiger partial charge in [0.15, 0.2) is 0 Å². The van der Waals surface area contributed by atoms with Crippen molar-refractivity contribution >= 4 is 22.6 Å². The number of furan rings is 1. The van der Waals surface area contributed by atoms with Crippen molar-refractivity contribution in [3.05, 3.63) is 53.3 Å². The third-order valence-corrected chi connectivity index (χ3v) is 5.92. The molecule has 0 aliphatic heterocycles. The molecule has 1 saturated carbocycles. The maximum absolute atomic E-state index is 13.4. The minimum absolute atomic E-state index is 0.199. The summed E-state index contributed by atoms with van der Waals surface area (Å²) in [6.45, 7) is 0. The molecule has 4 nitrogen and oxygen atoms in total. The standard InChI is InChI=1S/C24H27FN2O2/c1-26-24(28)22-19-13-18(15-7-5-4-6-8-15)20(27(2)3)14-21(19)29-23(22)16-9-11-17(25)12-10-16/h9-15H,4-8H2,1-3H3,(H,26,28). The van der Waals surface area contributed by atoms with Crippen molar-refractivity contribution < 1.29 is 13.6 Å². The molecule has 1 aliphatic rings. The zero-order chi connectivity index (χ0) is 20.5. The van der Waals surface area contributed by atoms with Gasteiger partial charge >= 0.3 is 0 Å². The second-order valence-electron chi connectivity index (χ2n) is 8.03. The fraction of sp³-hybridized carbons (Fsp3) is 0.375. The number of carbonyl (C=O) groups is 1. The molecule has 0 spiro atoms. The Hall–Kier alpha value is -2.82. The van der Waals surface area contributed by atoms with Gasteiger partial charge in [-0.05, 0) is 54.7 Å². The highest BCUT2D eigenvalue weighted by Crippen LogP contribution is 2.42. The fourth-order valence-corrected chi connectivity index (χ4v) is 4.43. The SMILES string of the molecule is CNC(=O)c1c(-c2ccc(F)cc2)oc2cc(N(C)C)c(C3CCCCC3)cc12. The number of fused-ring (bicyclic) bond motifs is 1. The van der Waals surface area contributed by atoms with E-state index in [0.29, 0.717) is 28.4 Å². The van der Waals surface area contributed by atoms with Crippen molar-refractivity contribution in [2.45, 2.75) is 38.0 Å². The van der Waals surface area contributed by atoms with Crippen LogP contribution < -0.4 is 10.2 Å². The maximum atomic E-state index is 13.4. The molecule has 0 bridgehead atoms. The van der Waals surface area contributed by atoms with Crippen molar-refractivity contribution in [3.63, 3.8) is 0 Å². The lowest BCUT2D eigenvalue weighted by molar-refractivity contribution is 0.0964. The van der Waals surface area contributed by atoms with Crippen molar-refractivity contribution in [1.82, 2.24) is 5.32 Å². The Kier molecular flexibility index (Phi) is 5.31. The predicted octanol–water partition coefficient (Wildman–Crippen LogP) is 5.71. The molecule has 0 radical (unpaired) electrons. The van der Waals surface area contributed by atoms with Crippen LogP contribution in [-0.4, -0.2) is 27.1 Å². The van der Waals surface area contributed by atoms with Crippen molar-refractivity contribution in [2.24, 2.45) is 0 Å². The molecule has 0 atom stereocenters. The highest BCUT2D eigenvalue weighted by atomic mass is 19.1. The van der Waals surface area contributed by atoms with Gasteiger partial charge < -0.3 is 14.6 Å². The van der Waals surface area contributed by atoms with Crippen LogP contribution in [0, 0.1) is 5.82 Å². The normalized spacial score (nSPS) is 14.9. The van der Waals surface area contributed by atoms with E-state index >= 15 is 0 Å². The summed E-state index contributed by atoms with van der Waals surface area (Å²) < 4.78 is 19.6. The van der Waals surface area contributed by atoms with Crippen LogP contribution in [0.15, 0.2) is 40.8 Å². The summed E-state index contributed by atoms with van der Waals surface area (Å²) in [6.07, 6.45) is 6.11. The first kappa shape index (κ1) is 19.5. The van der Waals surface area contributed by atoms with Gasteiger partial charge in [-0.25, -0.2) is 4.39 Å². The van der Waals surface area contributed by atoms with Crippen LogP contribution in [0.5, 0.6) is 0 Å². The van der Waals surface area contributed by atoms with Gasteiger partial charge in [0.1, 0.15) is 17.2 Å². The Morgan fingerprint density at radius 2 is 1.79 bits per heavy atom. The molecule has 0 saturated heterocycles. The molecule has 2 aromatic carbocycles. The molecule has 1 aliphatic carbocycles. The molecule has 1 fully saturated rings. The monoisotopic (exact) mass is 394 g/mol. The molecule has 4 rings (SSSR count). The summed E-state index contributed by atoms with van der Waals surface area (Å²) in [5.74, 6) is 0.452. The molecular weight excluding hydrogens is 367 g/mol. The Morgan fingerprint density at radius 1 is 1.10 bits per heavy atom. The van der Waals surface area contributed by atoms with E-state index in [0.717, 1.165) is 11.1 Å². The number of nitrogens with one attached hydrogen (secondary N) is 1. The molecule has 1 N–H and O–H groups in total. The summed E-state index contributed by atoms with van der Waals surface area (Å²) in [5, 5.41) is 3.55. The van der Waals surface area contributed by atoms with Gasteiger partial charge in [0.05, 0.1) is 5.56 Å². The summed E-state index contributed by atoms with van der Waals surface area (Å²) in [6, 6.07) is 10.2. The average Bonchev–Trinajstić information content (AvgIpc) is 3.11. The summed E-state index contributed by atoms with van der Waals surface area (Å²) in [7, 11) is 5.69. The maximum Gasteiger partial charge on any atom is 0.255 e. The van der Waals surface area contributed by atoms with E-state index in [1.54, 1.807) is 19.2 Å². The molecule has 1 heterocycles. The minimum atomic E-state index is -0.319. The zero-order valence-corrected chi connectivity index (χ0v) is 17.2. The first-order chi connectivity index (χ1) is 14.0. The van der Waals surface area contributed by atoms with Crippen LogP contribution in [0.25, 0.3) is 22.3 Å². The Labute approximate surface area is 170 Å². The molecule has 29 heavy (non-hydrogen) atoms. The zero-order valence-electron chi connectivity index (χ0n) is 17.2. The van der Waals surface area contributed by atoms with Gasteiger partial charge in [0, 0.05) is 43.8 Å². The van der Waals surface area contributed by atoms with Crippen LogP contribution >= 0.6 is 0 Å². The van der Waals surface area contributed by atoms with E-state index in [2.05, 4.69) is 16.3 Å². The van der Waals surface area contributed by atoms with Crippen LogP contribution in [0.2, 0.25) is 0 Å². The molecule has 1 aromatic heterocycles. The van der Waals surface area contributed by atoms with Crippen LogP contribution in [-0.2, 0) is 0 Å². The van der Waals surface area contributed by atoms with Gasteiger partial charge in [-0.3, -0.25) is 4.79 Å². The van der Waals surface area contributed by atoms with E-state index < -0.39 is 0 Å². The van der Waals surface area contributed by atoms with Crippen LogP contribution in [0.3, 0.4) is 0 Å². The summed E-state index contributed by atoms with van der Waals surface area (Å²) in [5.41, 5.74) is 4.28. The Bertz CT molecular complexity index is 1030. The number of hydrogen-bond donors (Lipinski definition) is 1. The summed E-state index contributed by atoms with van der Waals surface area (Å²) in [4.78, 5) is 14.9. The van der Waals surface area contributed by atoms with Gasteiger partial charge in [-0.2, -0.15) is 0 Å². The minimum Gasteiger partial charge on any atom is -0.455 e. The molecule has 0 unspecified atom stereocenters. The molecule has 3 aromatic rings. The number of carbonyl (C=O) groups excluding carboxylic acids is 1. The number of benzene rings is 2. The van der Waals surface area contributed by atoms with Crippen LogP contribution in [0.4, 0.5) is 10.1 Å². The smallest absolute Gasteiger partial charge is 0.255 e. The van der Waals surface area contributed by atoms with Gasteiger partial charge in [0.2, 0.25) is 0 Å². The lowest BCUT2D eigenvalue weighted by atomic mass is 9.82. The quantitative estimate of drug-likeness (QED) is 0.616. The topological polar surface area (TPSA) is 45.5 Å². The number of halogens is 1. The highest BCUT2D eigenvalue weighted by Gasteiger charge is 2.26. The average molecular weight is 394 g/mol. The second-order valence-corrected chi connectivity index (χ2v) is 8.03. The van der Waals surface area contributed by atoms with E-state index in [-0.39, 0.29) is 11.7 Å². The van der Waals surface area contributed by atoms with Crippen molar-refractivity contribution in [3.8, 4) is 11.3 Å². The lowest BCUT2D eigenvalue weighted by Crippen LogP contribution is -2.18. The second kappa shape index (κ2) is 7.90. The first-order valence-corrected chi connectivity index (χ1v) is 10.3. The molecule has 152 valence electrons. The third-order valence-electron chi connectivity index (χ3n) is 5.92. The third kappa shape index (κ3) is 3.61. The molecular formula is C24H27FN2O2. The van der Waals surface area contributed by atoms with Crippen LogP contribution in [0.1, 0.15) is 53.9 Å². The highest BCUT2D eigenvalue weighted by molar-refractivity contribution is 6.11. The predicted molar refractivity (Wildman–Crippen MR) is 115 cm³/mol. The van der Waals surface area contributed by atoms with E-state index in [4.69, 9.17) is 4.42 Å². The van der Waals surface area contributed by atoms with Gasteiger partial charge in [0.25, 0.3) is 5.91 Å². The van der Waals surface area contributed by atoms with E-state index in [1.165, 1.54) is 49.8 Å². The van der Waals surface area contributed by atoms with E-state index in [9.17, 15) is 9.18 Å². The molecule has 5 heteroatoms. The largest absolute Gasteiger partial charge is 0.455 e. The number of rotatable bonds is 4. The number of nitrogens with zero attached hydrogens (tertiary/aromatic N) is 1. The lowest BCUT2D eigenvalue weighted by Gasteiger charge is -2.27. The van der Waals surface area contributed by atoms with Gasteiger partial charge in [-0.1, -0.05) is 19.3 Å². The molecule has 1 amide bonds. The fourth-order valence-electron chi connectivity index (χ4n) is 4.43. The first-order valence-electron chi connectivity index (χ1n) is 10.3. The van der Waals surface area contributed by atoms with E-state index in [1.807, 2.05) is 20.2 Å². The Balaban J connectivity index is 1.95. The van der Waals surface area contributed by atoms with Crippen molar-refractivity contribution in [1.29, 1.82) is 0 Å². The number of hydrogen-bond acceptors (Lipinski definition) is 3. The number of amides is 1. The van der Waals surface area contributed by atoms with Crippen molar-refractivity contribution in [2.75, 3.05) is 26.0 Å². The van der Waals surface area contributed by atoms with Gasteiger partial charge in [-0.15, -0.1) is 0 Å². The number of anilines is 1. The Morgan fingerprint density at radius 3 is 2.41 bits per heavy atom.